The van der Waals surface area contributed by atoms with Crippen molar-refractivity contribution in [2.45, 2.75) is 139 Å². The molecule has 38 heteroatoms. The van der Waals surface area contributed by atoms with E-state index >= 15 is 0 Å². The second kappa shape index (κ2) is 45.1. The number of carbonyl (C=O) groups excluding carboxylic acids is 9. The number of primary amides is 2. The average molecular weight is 1570 g/mol. The first-order chi connectivity index (χ1) is 49.3. The lowest BCUT2D eigenvalue weighted by atomic mass is 10.0. The number of aliphatic hydroxyl groups is 2. The van der Waals surface area contributed by atoms with Crippen molar-refractivity contribution in [3.8, 4) is 0 Å². The summed E-state index contributed by atoms with van der Waals surface area (Å²) >= 11 is 4.03. The molecule has 32 nitrogen and oxygen atoms in total. The highest BCUT2D eigenvalue weighted by molar-refractivity contribution is 7.99. The highest BCUT2D eigenvalue weighted by Gasteiger charge is 2.43. The van der Waals surface area contributed by atoms with Gasteiger partial charge < -0.3 is 77.9 Å². The van der Waals surface area contributed by atoms with E-state index in [1.54, 1.807) is 58.9 Å². The van der Waals surface area contributed by atoms with Gasteiger partial charge in [0, 0.05) is 138 Å². The highest BCUT2D eigenvalue weighted by atomic mass is 32.2. The Morgan fingerprint density at radius 1 is 0.625 bits per heavy atom. The van der Waals surface area contributed by atoms with Gasteiger partial charge in [-0.1, -0.05) is 75.7 Å². The van der Waals surface area contributed by atoms with E-state index in [2.05, 4.69) is 31.6 Å². The number of aliphatic imine (C=N–C) groups is 1. The van der Waals surface area contributed by atoms with Crippen LogP contribution in [0, 0.1) is 11.8 Å². The van der Waals surface area contributed by atoms with Gasteiger partial charge in [-0.2, -0.15) is 35.3 Å². The summed E-state index contributed by atoms with van der Waals surface area (Å²) in [6.07, 6.45) is 0.952. The monoisotopic (exact) mass is 1570 g/mol. The van der Waals surface area contributed by atoms with E-state index in [-0.39, 0.29) is 126 Å². The molecule has 5 rings (SSSR count). The number of hydrogen-bond donors (Lipinski definition) is 13. The number of rotatable bonds is 44. The third-order valence-corrected chi connectivity index (χ3v) is 25.3. The van der Waals surface area contributed by atoms with Gasteiger partial charge in [-0.15, -0.1) is 0 Å². The molecule has 3 fully saturated rings. The normalized spacial score (nSPS) is 19.5. The van der Waals surface area contributed by atoms with Crippen molar-refractivity contribution in [2.24, 2.45) is 28.3 Å². The first-order valence-corrected chi connectivity index (χ1v) is 44.5. The number of nitrogens with one attached hydrogen (secondary N) is 5. The number of benzene rings is 2. The van der Waals surface area contributed by atoms with Crippen LogP contribution in [0.2, 0.25) is 0 Å². The van der Waals surface area contributed by atoms with Gasteiger partial charge >= 0.3 is 12.0 Å². The number of thioether (sulfide) groups is 3. The van der Waals surface area contributed by atoms with Crippen LogP contribution in [0.25, 0.3) is 0 Å². The second-order valence-electron chi connectivity index (χ2n) is 26.4. The molecule has 3 heterocycles. The fraction of sp³-hybridized carbons (Fsp3) is 0.652. The van der Waals surface area contributed by atoms with Gasteiger partial charge in [-0.3, -0.25) is 66.8 Å². The van der Waals surface area contributed by atoms with Crippen molar-refractivity contribution in [2.75, 3.05) is 120 Å². The van der Waals surface area contributed by atoms with E-state index in [0.29, 0.717) is 74.4 Å². The third-order valence-electron chi connectivity index (χ3n) is 17.7. The number of nitrogens with two attached hydrogens (primary N) is 2. The largest absolute Gasteiger partial charge is 0.480 e. The minimum Gasteiger partial charge on any atom is -0.480 e. The van der Waals surface area contributed by atoms with Gasteiger partial charge in [0.2, 0.25) is 69.4 Å². The van der Waals surface area contributed by atoms with Crippen molar-refractivity contribution in [1.29, 1.82) is 0 Å². The van der Waals surface area contributed by atoms with Crippen molar-refractivity contribution in [1.82, 2.24) is 51.1 Å². The van der Waals surface area contributed by atoms with Crippen LogP contribution in [-0.4, -0.2) is 271 Å². The maximum Gasteiger partial charge on any atom is 0.340 e. The molecule has 0 saturated carbocycles. The number of urea groups is 1. The van der Waals surface area contributed by atoms with Crippen LogP contribution in [-0.2, 0) is 80.5 Å². The smallest absolute Gasteiger partial charge is 0.340 e. The van der Waals surface area contributed by atoms with Crippen LogP contribution in [0.4, 0.5) is 4.79 Å². The molecule has 2 aromatic rings. The number of amides is 10. The standard InChI is InChI=1S/C66H106N13O19P3S3/c1-4-6-19-70-66(92)71-35-51(63(88)79-22-11-15-56(79)64(89)78-21-10-14-55(78)59(68)84)39-103-37-49-31-48(36-102-30-20-69-58(83)18-29-99(93,94)41-75-23-25-76(42-100(95,96)44-80)27-28-77(26-24-75)43-101(97,98)45-81)32-50(33-49)38-104-40-54(65(90)91)74-62(87)53(34-47-12-8-7-9-13-47)73-61(86)52(16-17-57(67)82)72-60(85)46(3)5-2/h7-9,12-13,31-33,35,46,51-56,80-81H,4-6,10-11,14-30,34,36-45H2,1-3H3,(H2,67,82)(H2,68,84)(H,69,83)(H,70,92)(H,72,85)(H,73,86)(H,74,87)(H,90,91)(H,93,94)(H,95,96)(H,97,98)/t46-,51?,52-,53-,54?,55-,56-/m0/s1. The van der Waals surface area contributed by atoms with Gasteiger partial charge in [0.15, 0.2) is 0 Å². The Bertz CT molecular complexity index is 3350. The number of nitrogens with zero attached hydrogens (tertiary/aromatic N) is 6. The Hall–Kier alpha value is -5.77. The summed E-state index contributed by atoms with van der Waals surface area (Å²) in [4.78, 5) is 176. The average Bonchev–Trinajstić information content (AvgIpc) is 1.64. The van der Waals surface area contributed by atoms with E-state index in [0.717, 1.165) is 23.1 Å². The molecule has 2 aromatic carbocycles. The molecular weight excluding hydrogens is 1470 g/mol. The summed E-state index contributed by atoms with van der Waals surface area (Å²) < 4.78 is 38.6. The van der Waals surface area contributed by atoms with Crippen molar-refractivity contribution >= 4 is 123 Å². The Morgan fingerprint density at radius 3 is 1.68 bits per heavy atom. The zero-order valence-corrected chi connectivity index (χ0v) is 64.6. The predicted octanol–water partition coefficient (Wildman–Crippen LogP) is 2.15. The van der Waals surface area contributed by atoms with E-state index < -0.39 is 130 Å². The molecule has 3 aliphatic heterocycles. The molecule has 3 saturated heterocycles. The van der Waals surface area contributed by atoms with Crippen LogP contribution in [0.5, 0.6) is 0 Å². The van der Waals surface area contributed by atoms with Gasteiger partial charge in [-0.05, 0) is 67.2 Å². The van der Waals surface area contributed by atoms with Gasteiger partial charge in [0.05, 0.1) is 24.8 Å². The molecular formula is C66H106N13O19P3S3. The summed E-state index contributed by atoms with van der Waals surface area (Å²) in [6, 6.07) is 8.13. The summed E-state index contributed by atoms with van der Waals surface area (Å²) in [5, 5.41) is 43.0. The van der Waals surface area contributed by atoms with Gasteiger partial charge in [0.1, 0.15) is 42.9 Å². The number of likely N-dealkylation sites (tertiary alicyclic amines) is 2. The first kappa shape index (κ1) is 88.9. The molecule has 15 N–H and O–H groups in total. The van der Waals surface area contributed by atoms with Crippen LogP contribution in [0.1, 0.15) is 107 Å². The number of unbranched alkanes of at least 4 members (excludes halogenated alkanes) is 1. The molecule has 0 aliphatic carbocycles. The van der Waals surface area contributed by atoms with E-state index in [1.807, 2.05) is 25.1 Å². The number of carboxylic acid groups (broad SMARTS) is 1. The molecule has 0 aromatic heterocycles. The highest BCUT2D eigenvalue weighted by Crippen LogP contribution is 2.43. The first-order valence-electron chi connectivity index (χ1n) is 35.0. The van der Waals surface area contributed by atoms with Crippen molar-refractivity contribution in [3.05, 3.63) is 70.8 Å². The number of hydrogen-bond acceptors (Lipinski definition) is 21. The Labute approximate surface area is 620 Å². The number of aliphatic hydroxyl groups excluding tert-OH is 2. The van der Waals surface area contributed by atoms with E-state index in [4.69, 9.17) is 11.5 Å². The van der Waals surface area contributed by atoms with Gasteiger partial charge in [0.25, 0.3) is 0 Å². The lowest BCUT2D eigenvalue weighted by molar-refractivity contribution is -0.146. The maximum atomic E-state index is 14.6. The van der Waals surface area contributed by atoms with E-state index in [9.17, 15) is 91.6 Å². The van der Waals surface area contributed by atoms with Crippen LogP contribution in [0.3, 0.4) is 0 Å². The summed E-state index contributed by atoms with van der Waals surface area (Å²) in [6.45, 7) is 7.54. The summed E-state index contributed by atoms with van der Waals surface area (Å²) in [7, 11) is -12.0. The minimum absolute atomic E-state index is 0.0680. The quantitative estimate of drug-likeness (QED) is 0.0257. The van der Waals surface area contributed by atoms with Crippen LogP contribution >= 0.6 is 57.4 Å². The minimum atomic E-state index is -4.02. The Balaban J connectivity index is 1.32. The van der Waals surface area contributed by atoms with Crippen LogP contribution < -0.4 is 38.1 Å². The molecule has 5 unspecified atom stereocenters. The second-order valence-corrected chi connectivity index (χ2v) is 36.5. The lowest BCUT2D eigenvalue weighted by Crippen LogP contribution is -2.57. The zero-order chi connectivity index (χ0) is 76.6. The SMILES string of the molecule is CCCCNC(=O)N=CC(CSCc1cc(CSCCNC(=O)CCP(=O)(O)CN2CCN(CP(=O)(O)CO)CCN(CP(=O)(O)CO)CC2)cc(CSCC(NC(=O)[C@H](Cc2ccccc2)NC(=O)[C@H](CCC(N)=O)NC(=O)[C@@H](C)CC)C(=O)O)c1)C(=O)N1CCC[C@H]1C(=O)N1CCC[C@H]1C(N)=O. The number of aliphatic carboxylic acids is 1. The molecule has 0 radical (unpaired) electrons. The fourth-order valence-electron chi connectivity index (χ4n) is 11.8. The predicted molar refractivity (Wildman–Crippen MR) is 401 cm³/mol. The molecule has 10 amide bonds. The van der Waals surface area contributed by atoms with Gasteiger partial charge in [-0.25, -0.2) is 14.6 Å². The molecule has 10 atom stereocenters. The summed E-state index contributed by atoms with van der Waals surface area (Å²) in [5.41, 5.74) is 14.1. The summed E-state index contributed by atoms with van der Waals surface area (Å²) in [5.74, 6) is -6.19. The van der Waals surface area contributed by atoms with E-state index in [1.165, 1.54) is 51.3 Å². The van der Waals surface area contributed by atoms with Crippen molar-refractivity contribution in [3.63, 3.8) is 0 Å². The fourth-order valence-corrected chi connectivity index (χ4v) is 18.2. The molecule has 104 heavy (non-hydrogen) atoms. The Morgan fingerprint density at radius 2 is 1.14 bits per heavy atom. The third kappa shape index (κ3) is 32.0. The molecule has 0 bridgehead atoms. The molecule has 3 aliphatic rings. The topological polar surface area (TPSA) is 484 Å². The van der Waals surface area contributed by atoms with Crippen LogP contribution in [0.15, 0.2) is 53.5 Å². The number of carboxylic acids is 1. The molecule has 0 spiro atoms. The maximum absolute atomic E-state index is 14.6. The van der Waals surface area contributed by atoms with Crippen molar-refractivity contribution < 1.29 is 91.6 Å². The Kier molecular flexibility index (Phi) is 38.6. The lowest BCUT2D eigenvalue weighted by Gasteiger charge is -2.31. The zero-order valence-electron chi connectivity index (χ0n) is 59.5. The molecule has 582 valence electrons. The number of carbonyl (C=O) groups is 10.